The summed E-state index contributed by atoms with van der Waals surface area (Å²) >= 11 is 0. The maximum atomic E-state index is 12.6. The fourth-order valence-electron chi connectivity index (χ4n) is 2.61. The molecule has 26 heavy (non-hydrogen) atoms. The first-order valence-corrected chi connectivity index (χ1v) is 9.47. The van der Waals surface area contributed by atoms with Crippen molar-refractivity contribution in [1.29, 1.82) is 0 Å². The predicted molar refractivity (Wildman–Crippen MR) is 101 cm³/mol. The molecule has 0 spiro atoms. The maximum Gasteiger partial charge on any atom is 0.265 e. The van der Waals surface area contributed by atoms with Crippen LogP contribution in [-0.4, -0.2) is 23.2 Å². The minimum atomic E-state index is -3.71. The van der Waals surface area contributed by atoms with E-state index in [1.54, 1.807) is 12.1 Å². The Bertz CT molecular complexity index is 1100. The Kier molecular flexibility index (Phi) is 4.06. The van der Waals surface area contributed by atoms with Gasteiger partial charge in [0.25, 0.3) is 10.0 Å². The molecule has 4 rings (SSSR count). The molecular formula is C19H16N4O2S. The number of nitrogens with one attached hydrogen (secondary N) is 2. The molecule has 0 aliphatic heterocycles. The van der Waals surface area contributed by atoms with Gasteiger partial charge in [0.05, 0.1) is 18.1 Å². The van der Waals surface area contributed by atoms with E-state index in [0.717, 1.165) is 16.9 Å². The van der Waals surface area contributed by atoms with E-state index < -0.39 is 10.0 Å². The average molecular weight is 364 g/mol. The van der Waals surface area contributed by atoms with Gasteiger partial charge in [0.2, 0.25) is 0 Å². The van der Waals surface area contributed by atoms with E-state index in [4.69, 9.17) is 0 Å². The average Bonchev–Trinajstić information content (AvgIpc) is 3.35. The van der Waals surface area contributed by atoms with E-state index >= 15 is 0 Å². The number of nitrogens with zero attached hydrogens (tertiary/aromatic N) is 2. The predicted octanol–water partition coefficient (Wildman–Crippen LogP) is 3.67. The minimum Gasteiger partial charge on any atom is -0.361 e. The number of anilines is 1. The fourth-order valence-corrected chi connectivity index (χ4v) is 3.60. The molecule has 2 N–H and O–H groups in total. The van der Waals surface area contributed by atoms with Crippen LogP contribution in [-0.2, 0) is 10.0 Å². The summed E-state index contributed by atoms with van der Waals surface area (Å²) in [6.07, 6.45) is 4.67. The van der Waals surface area contributed by atoms with Crippen molar-refractivity contribution in [2.24, 2.45) is 0 Å². The Labute approximate surface area is 151 Å². The number of para-hydroxylation sites is 1. The quantitative estimate of drug-likeness (QED) is 0.567. The van der Waals surface area contributed by atoms with E-state index in [-0.39, 0.29) is 4.90 Å². The van der Waals surface area contributed by atoms with E-state index in [9.17, 15) is 8.42 Å². The molecule has 0 amide bonds. The van der Waals surface area contributed by atoms with Crippen molar-refractivity contribution >= 4 is 15.7 Å². The lowest BCUT2D eigenvalue weighted by molar-refractivity contribution is 0.601. The summed E-state index contributed by atoms with van der Waals surface area (Å²) in [7, 11) is -3.71. The minimum absolute atomic E-state index is 0.106. The molecule has 2 heterocycles. The van der Waals surface area contributed by atoms with Gasteiger partial charge in [0.1, 0.15) is 4.90 Å². The Balaban J connectivity index is 1.55. The summed E-state index contributed by atoms with van der Waals surface area (Å²) in [6, 6.07) is 20.4. The molecule has 0 radical (unpaired) electrons. The number of sulfonamides is 1. The highest BCUT2D eigenvalue weighted by molar-refractivity contribution is 7.92. The SMILES string of the molecule is O=S(=O)(Nc1ccc(-c2ccc[nH]2)cc1)c1cnn(-c2ccccc2)c1. The van der Waals surface area contributed by atoms with Gasteiger partial charge in [-0.1, -0.05) is 30.3 Å². The third kappa shape index (κ3) is 3.25. The summed E-state index contributed by atoms with van der Waals surface area (Å²) in [5, 5.41) is 4.14. The van der Waals surface area contributed by atoms with Gasteiger partial charge in [-0.25, -0.2) is 13.1 Å². The topological polar surface area (TPSA) is 79.8 Å². The smallest absolute Gasteiger partial charge is 0.265 e. The number of benzene rings is 2. The maximum absolute atomic E-state index is 12.6. The molecule has 4 aromatic rings. The summed E-state index contributed by atoms with van der Waals surface area (Å²) < 4.78 is 29.3. The number of rotatable bonds is 5. The van der Waals surface area contributed by atoms with Gasteiger partial charge in [-0.05, 0) is 42.0 Å². The standard InChI is InChI=1S/C19H16N4O2S/c24-26(25,18-13-21-23(14-18)17-5-2-1-3-6-17)22-16-10-8-15(9-11-16)19-7-4-12-20-19/h1-14,20,22H. The number of aromatic nitrogens is 3. The summed E-state index contributed by atoms with van der Waals surface area (Å²) in [4.78, 5) is 3.22. The van der Waals surface area contributed by atoms with Gasteiger partial charge in [0.15, 0.2) is 0 Å². The van der Waals surface area contributed by atoms with Gasteiger partial charge < -0.3 is 4.98 Å². The van der Waals surface area contributed by atoms with Crippen molar-refractivity contribution < 1.29 is 8.42 Å². The Morgan fingerprint density at radius 2 is 1.69 bits per heavy atom. The normalized spacial score (nSPS) is 11.4. The summed E-state index contributed by atoms with van der Waals surface area (Å²) in [5.74, 6) is 0. The van der Waals surface area contributed by atoms with Crippen molar-refractivity contribution in [3.05, 3.63) is 85.3 Å². The lowest BCUT2D eigenvalue weighted by atomic mass is 10.1. The van der Waals surface area contributed by atoms with E-state index in [0.29, 0.717) is 5.69 Å². The molecule has 0 saturated carbocycles. The zero-order valence-corrected chi connectivity index (χ0v) is 14.5. The largest absolute Gasteiger partial charge is 0.361 e. The second-order valence-electron chi connectivity index (χ2n) is 5.72. The number of hydrogen-bond acceptors (Lipinski definition) is 3. The van der Waals surface area contributed by atoms with Crippen molar-refractivity contribution in [3.63, 3.8) is 0 Å². The van der Waals surface area contributed by atoms with Crippen LogP contribution in [0.15, 0.2) is 90.2 Å². The molecule has 0 saturated heterocycles. The summed E-state index contributed by atoms with van der Waals surface area (Å²) in [6.45, 7) is 0. The third-order valence-electron chi connectivity index (χ3n) is 3.94. The van der Waals surface area contributed by atoms with Crippen LogP contribution in [0.25, 0.3) is 16.9 Å². The van der Waals surface area contributed by atoms with E-state index in [2.05, 4.69) is 14.8 Å². The van der Waals surface area contributed by atoms with Crippen LogP contribution in [0, 0.1) is 0 Å². The molecule has 6 nitrogen and oxygen atoms in total. The second-order valence-corrected chi connectivity index (χ2v) is 7.41. The monoisotopic (exact) mass is 364 g/mol. The highest BCUT2D eigenvalue weighted by Crippen LogP contribution is 2.22. The van der Waals surface area contributed by atoms with Crippen molar-refractivity contribution in [1.82, 2.24) is 14.8 Å². The van der Waals surface area contributed by atoms with Gasteiger partial charge >= 0.3 is 0 Å². The molecule has 0 fully saturated rings. The van der Waals surface area contributed by atoms with E-state index in [1.165, 1.54) is 17.1 Å². The van der Waals surface area contributed by atoms with Gasteiger partial charge in [-0.2, -0.15) is 5.10 Å². The first-order chi connectivity index (χ1) is 12.6. The van der Waals surface area contributed by atoms with Crippen LogP contribution in [0.5, 0.6) is 0 Å². The Morgan fingerprint density at radius 3 is 2.38 bits per heavy atom. The molecule has 0 atom stereocenters. The van der Waals surface area contributed by atoms with Crippen LogP contribution in [0.1, 0.15) is 0 Å². The zero-order valence-electron chi connectivity index (χ0n) is 13.7. The highest BCUT2D eigenvalue weighted by atomic mass is 32.2. The van der Waals surface area contributed by atoms with Crippen LogP contribution in [0.2, 0.25) is 0 Å². The Morgan fingerprint density at radius 1 is 0.923 bits per heavy atom. The zero-order chi connectivity index (χ0) is 18.0. The van der Waals surface area contributed by atoms with Crippen LogP contribution in [0.4, 0.5) is 5.69 Å². The molecule has 0 bridgehead atoms. The first-order valence-electron chi connectivity index (χ1n) is 7.99. The molecular weight excluding hydrogens is 348 g/mol. The molecule has 0 aliphatic carbocycles. The molecule has 2 aromatic heterocycles. The van der Waals surface area contributed by atoms with Crippen molar-refractivity contribution in [2.45, 2.75) is 4.90 Å². The fraction of sp³-hybridized carbons (Fsp3) is 0. The molecule has 130 valence electrons. The number of hydrogen-bond donors (Lipinski definition) is 2. The van der Waals surface area contributed by atoms with Crippen molar-refractivity contribution in [2.75, 3.05) is 4.72 Å². The molecule has 0 aliphatic rings. The van der Waals surface area contributed by atoms with Crippen LogP contribution in [0.3, 0.4) is 0 Å². The van der Waals surface area contributed by atoms with Gasteiger partial charge in [-0.15, -0.1) is 0 Å². The Hall–Kier alpha value is -3.32. The van der Waals surface area contributed by atoms with E-state index in [1.807, 2.05) is 60.8 Å². The van der Waals surface area contributed by atoms with Gasteiger partial charge in [0, 0.05) is 17.6 Å². The van der Waals surface area contributed by atoms with Crippen molar-refractivity contribution in [3.8, 4) is 16.9 Å². The van der Waals surface area contributed by atoms with Gasteiger partial charge in [-0.3, -0.25) is 4.72 Å². The number of aromatic amines is 1. The first kappa shape index (κ1) is 16.2. The van der Waals surface area contributed by atoms with Crippen LogP contribution >= 0.6 is 0 Å². The van der Waals surface area contributed by atoms with Crippen LogP contribution < -0.4 is 4.72 Å². The number of H-pyrrole nitrogens is 1. The second kappa shape index (κ2) is 6.53. The highest BCUT2D eigenvalue weighted by Gasteiger charge is 2.17. The lowest BCUT2D eigenvalue weighted by Crippen LogP contribution is -2.12. The third-order valence-corrected chi connectivity index (χ3v) is 5.27. The molecule has 0 unspecified atom stereocenters. The molecule has 7 heteroatoms. The summed E-state index contributed by atoms with van der Waals surface area (Å²) in [5.41, 5.74) is 3.25. The lowest BCUT2D eigenvalue weighted by Gasteiger charge is -2.07. The molecule has 2 aromatic carbocycles.